The van der Waals surface area contributed by atoms with Crippen molar-refractivity contribution in [1.82, 2.24) is 5.32 Å². The molecule has 4 nitrogen and oxygen atoms in total. The topological polar surface area (TPSA) is 66.4 Å². The average molecular weight is 305 g/mol. The molecule has 0 bridgehead atoms. The molecule has 0 aromatic heterocycles. The normalized spacial score (nSPS) is 11.7. The summed E-state index contributed by atoms with van der Waals surface area (Å²) in [5, 5.41) is 11.5. The molecular weight excluding hydrogens is 292 g/mol. The molecule has 0 spiro atoms. The minimum Gasteiger partial charge on any atom is -0.481 e. The zero-order valence-electron chi connectivity index (χ0n) is 11.4. The summed E-state index contributed by atoms with van der Waals surface area (Å²) in [6.07, 6.45) is -0.349. The fourth-order valence-corrected chi connectivity index (χ4v) is 1.96. The Labute approximate surface area is 125 Å². The summed E-state index contributed by atoms with van der Waals surface area (Å²) in [7, 11) is 0. The van der Waals surface area contributed by atoms with E-state index in [1.54, 1.807) is 0 Å². The molecule has 114 valence electrons. The quantitative estimate of drug-likeness (QED) is 0.892. The van der Waals surface area contributed by atoms with Gasteiger partial charge in [0, 0.05) is 5.56 Å². The van der Waals surface area contributed by atoms with Gasteiger partial charge in [-0.2, -0.15) is 0 Å². The minimum absolute atomic E-state index is 0.207. The van der Waals surface area contributed by atoms with E-state index < -0.39 is 29.6 Å². The molecule has 0 aliphatic heterocycles. The second-order valence-electron chi connectivity index (χ2n) is 4.68. The smallest absolute Gasteiger partial charge is 0.305 e. The van der Waals surface area contributed by atoms with Gasteiger partial charge in [-0.1, -0.05) is 12.1 Å². The van der Waals surface area contributed by atoms with Crippen LogP contribution in [0, 0.1) is 11.6 Å². The standard InChI is InChI=1S/C16H13F2NO3/c17-12-5-1-10(2-6-12)14(9-15(20)21)19-16(22)11-3-7-13(18)8-4-11/h1-8,14H,9H2,(H,19,22)(H,20,21)/t14-/m1/s1. The van der Waals surface area contributed by atoms with E-state index in [2.05, 4.69) is 5.32 Å². The fraction of sp³-hybridized carbons (Fsp3) is 0.125. The highest BCUT2D eigenvalue weighted by atomic mass is 19.1. The van der Waals surface area contributed by atoms with Gasteiger partial charge in [-0.05, 0) is 42.0 Å². The molecule has 2 aromatic rings. The third-order valence-corrected chi connectivity index (χ3v) is 3.06. The number of benzene rings is 2. The minimum atomic E-state index is -1.10. The molecule has 1 amide bonds. The molecule has 0 saturated heterocycles. The molecule has 2 aromatic carbocycles. The Morgan fingerprint density at radius 1 is 0.955 bits per heavy atom. The molecular formula is C16H13F2NO3. The first kappa shape index (κ1) is 15.6. The molecule has 22 heavy (non-hydrogen) atoms. The monoisotopic (exact) mass is 305 g/mol. The Morgan fingerprint density at radius 2 is 1.45 bits per heavy atom. The van der Waals surface area contributed by atoms with Gasteiger partial charge in [0.05, 0.1) is 12.5 Å². The van der Waals surface area contributed by atoms with E-state index in [0.29, 0.717) is 5.56 Å². The molecule has 0 heterocycles. The van der Waals surface area contributed by atoms with Gasteiger partial charge in [-0.25, -0.2) is 8.78 Å². The number of carboxylic acid groups (broad SMARTS) is 1. The zero-order valence-corrected chi connectivity index (χ0v) is 11.4. The lowest BCUT2D eigenvalue weighted by Crippen LogP contribution is -2.30. The maximum atomic E-state index is 12.9. The number of hydrogen-bond acceptors (Lipinski definition) is 2. The third kappa shape index (κ3) is 4.12. The van der Waals surface area contributed by atoms with Crippen molar-refractivity contribution in [2.24, 2.45) is 0 Å². The summed E-state index contributed by atoms with van der Waals surface area (Å²) in [6.45, 7) is 0. The van der Waals surface area contributed by atoms with Gasteiger partial charge in [0.15, 0.2) is 0 Å². The van der Waals surface area contributed by atoms with Gasteiger partial charge < -0.3 is 10.4 Å². The number of hydrogen-bond donors (Lipinski definition) is 2. The molecule has 0 radical (unpaired) electrons. The lowest BCUT2D eigenvalue weighted by atomic mass is 10.0. The van der Waals surface area contributed by atoms with Crippen LogP contribution < -0.4 is 5.32 Å². The summed E-state index contributed by atoms with van der Waals surface area (Å²) in [5.74, 6) is -2.57. The van der Waals surface area contributed by atoms with Gasteiger partial charge in [0.1, 0.15) is 11.6 Å². The highest BCUT2D eigenvalue weighted by molar-refractivity contribution is 5.94. The van der Waals surface area contributed by atoms with Crippen LogP contribution >= 0.6 is 0 Å². The van der Waals surface area contributed by atoms with Gasteiger partial charge in [0.25, 0.3) is 5.91 Å². The molecule has 0 unspecified atom stereocenters. The van der Waals surface area contributed by atoms with E-state index in [1.807, 2.05) is 0 Å². The second kappa shape index (κ2) is 6.80. The molecule has 0 aliphatic rings. The SMILES string of the molecule is O=C(O)C[C@@H](NC(=O)c1ccc(F)cc1)c1ccc(F)cc1. The summed E-state index contributed by atoms with van der Waals surface area (Å²) >= 11 is 0. The lowest BCUT2D eigenvalue weighted by molar-refractivity contribution is -0.137. The number of nitrogens with one attached hydrogen (secondary N) is 1. The van der Waals surface area contributed by atoms with Crippen LogP contribution in [-0.2, 0) is 4.79 Å². The molecule has 2 N–H and O–H groups in total. The fourth-order valence-electron chi connectivity index (χ4n) is 1.96. The Morgan fingerprint density at radius 3 is 1.95 bits per heavy atom. The lowest BCUT2D eigenvalue weighted by Gasteiger charge is -2.17. The molecule has 1 atom stereocenters. The average Bonchev–Trinajstić information content (AvgIpc) is 2.47. The number of carbonyl (C=O) groups excluding carboxylic acids is 1. The van der Waals surface area contributed by atoms with E-state index in [-0.39, 0.29) is 12.0 Å². The van der Waals surface area contributed by atoms with Crippen molar-refractivity contribution >= 4 is 11.9 Å². The Kier molecular flexibility index (Phi) is 4.83. The second-order valence-corrected chi connectivity index (χ2v) is 4.68. The van der Waals surface area contributed by atoms with Crippen LogP contribution in [0.5, 0.6) is 0 Å². The molecule has 0 aliphatic carbocycles. The van der Waals surface area contributed by atoms with E-state index in [4.69, 9.17) is 5.11 Å². The van der Waals surface area contributed by atoms with E-state index >= 15 is 0 Å². The van der Waals surface area contributed by atoms with E-state index in [0.717, 1.165) is 12.1 Å². The largest absolute Gasteiger partial charge is 0.481 e. The Hall–Kier alpha value is -2.76. The van der Waals surface area contributed by atoms with Crippen molar-refractivity contribution in [2.75, 3.05) is 0 Å². The number of rotatable bonds is 5. The van der Waals surface area contributed by atoms with Gasteiger partial charge in [-0.15, -0.1) is 0 Å². The van der Waals surface area contributed by atoms with Crippen LogP contribution in [0.25, 0.3) is 0 Å². The number of carbonyl (C=O) groups is 2. The third-order valence-electron chi connectivity index (χ3n) is 3.06. The van der Waals surface area contributed by atoms with Crippen molar-refractivity contribution in [1.29, 1.82) is 0 Å². The predicted octanol–water partition coefficient (Wildman–Crippen LogP) is 2.91. The maximum absolute atomic E-state index is 12.9. The Balaban J connectivity index is 2.19. The van der Waals surface area contributed by atoms with Crippen LogP contribution in [0.3, 0.4) is 0 Å². The summed E-state index contributed by atoms with van der Waals surface area (Å²) in [6, 6.07) is 9.26. The molecule has 0 fully saturated rings. The summed E-state index contributed by atoms with van der Waals surface area (Å²) in [4.78, 5) is 23.0. The maximum Gasteiger partial charge on any atom is 0.305 e. The summed E-state index contributed by atoms with van der Waals surface area (Å²) < 4.78 is 25.8. The van der Waals surface area contributed by atoms with Crippen molar-refractivity contribution in [3.8, 4) is 0 Å². The Bertz CT molecular complexity index is 669. The summed E-state index contributed by atoms with van der Waals surface area (Å²) in [5.41, 5.74) is 0.679. The van der Waals surface area contributed by atoms with Crippen molar-refractivity contribution < 1.29 is 23.5 Å². The van der Waals surface area contributed by atoms with Gasteiger partial charge in [-0.3, -0.25) is 9.59 Å². The van der Waals surface area contributed by atoms with Crippen LogP contribution in [0.4, 0.5) is 8.78 Å². The highest BCUT2D eigenvalue weighted by Gasteiger charge is 2.19. The molecule has 6 heteroatoms. The van der Waals surface area contributed by atoms with Gasteiger partial charge in [0.2, 0.25) is 0 Å². The number of halogens is 2. The van der Waals surface area contributed by atoms with Crippen LogP contribution in [0.1, 0.15) is 28.4 Å². The van der Waals surface area contributed by atoms with Crippen molar-refractivity contribution in [3.05, 3.63) is 71.3 Å². The number of carboxylic acids is 1. The molecule has 0 saturated carbocycles. The van der Waals surface area contributed by atoms with Crippen LogP contribution in [0.2, 0.25) is 0 Å². The predicted molar refractivity (Wildman–Crippen MR) is 75.3 cm³/mol. The van der Waals surface area contributed by atoms with Crippen LogP contribution in [0.15, 0.2) is 48.5 Å². The number of amides is 1. The van der Waals surface area contributed by atoms with E-state index in [9.17, 15) is 18.4 Å². The first-order chi connectivity index (χ1) is 10.5. The number of aliphatic carboxylic acids is 1. The zero-order chi connectivity index (χ0) is 16.1. The van der Waals surface area contributed by atoms with Crippen LogP contribution in [-0.4, -0.2) is 17.0 Å². The van der Waals surface area contributed by atoms with Crippen molar-refractivity contribution in [3.63, 3.8) is 0 Å². The molecule has 2 rings (SSSR count). The van der Waals surface area contributed by atoms with Crippen molar-refractivity contribution in [2.45, 2.75) is 12.5 Å². The van der Waals surface area contributed by atoms with E-state index in [1.165, 1.54) is 36.4 Å². The first-order valence-electron chi connectivity index (χ1n) is 6.49. The van der Waals surface area contributed by atoms with Gasteiger partial charge >= 0.3 is 5.97 Å². The first-order valence-corrected chi connectivity index (χ1v) is 6.49. The highest BCUT2D eigenvalue weighted by Crippen LogP contribution is 2.18.